The predicted octanol–water partition coefficient (Wildman–Crippen LogP) is 1.46. The van der Waals surface area contributed by atoms with Gasteiger partial charge in [0.15, 0.2) is 0 Å². The van der Waals surface area contributed by atoms with Gasteiger partial charge >= 0.3 is 0 Å². The summed E-state index contributed by atoms with van der Waals surface area (Å²) in [6.07, 6.45) is 0.730. The lowest BCUT2D eigenvalue weighted by Crippen LogP contribution is -2.28. The Morgan fingerprint density at radius 2 is 2.16 bits per heavy atom. The number of carbonyl (C=O) groups excluding carboxylic acids is 1. The second-order valence-corrected chi connectivity index (χ2v) is 3.88. The van der Waals surface area contributed by atoms with Crippen LogP contribution >= 0.6 is 0 Å². The number of amides is 1. The normalized spacial score (nSPS) is 10.2. The van der Waals surface area contributed by atoms with Gasteiger partial charge in [-0.2, -0.15) is 0 Å². The van der Waals surface area contributed by atoms with E-state index in [1.165, 1.54) is 0 Å². The minimum atomic E-state index is -0.890. The van der Waals surface area contributed by atoms with Crippen molar-refractivity contribution < 1.29 is 14.1 Å². The maximum atomic E-state index is 13.5. The average molecular weight is 269 g/mol. The third kappa shape index (κ3) is 4.63. The fourth-order valence-corrected chi connectivity index (χ4v) is 1.49. The lowest BCUT2D eigenvalue weighted by Gasteiger charge is -2.06. The van der Waals surface area contributed by atoms with Crippen molar-refractivity contribution >= 4 is 11.6 Å². The molecule has 0 aliphatic carbocycles. The van der Waals surface area contributed by atoms with E-state index in [2.05, 4.69) is 10.6 Å². The molecule has 0 atom stereocenters. The van der Waals surface area contributed by atoms with Gasteiger partial charge in [-0.1, -0.05) is 6.92 Å². The van der Waals surface area contributed by atoms with Gasteiger partial charge in [0.25, 0.3) is 11.6 Å². The fourth-order valence-electron chi connectivity index (χ4n) is 1.49. The maximum Gasteiger partial charge on any atom is 0.272 e. The number of nitrogens with zero attached hydrogens (tertiary/aromatic N) is 1. The van der Waals surface area contributed by atoms with Crippen molar-refractivity contribution in [3.63, 3.8) is 0 Å². The van der Waals surface area contributed by atoms with Crippen molar-refractivity contribution in [2.75, 3.05) is 19.6 Å². The molecular weight excluding hydrogens is 253 g/mol. The van der Waals surface area contributed by atoms with E-state index < -0.39 is 16.6 Å². The summed E-state index contributed by atoms with van der Waals surface area (Å²) in [5.74, 6) is -1.46. The number of nitro benzene ring substituents is 1. The van der Waals surface area contributed by atoms with Crippen molar-refractivity contribution in [2.24, 2.45) is 0 Å². The van der Waals surface area contributed by atoms with E-state index in [0.717, 1.165) is 37.7 Å². The zero-order valence-electron chi connectivity index (χ0n) is 10.6. The molecule has 0 fully saturated rings. The predicted molar refractivity (Wildman–Crippen MR) is 68.5 cm³/mol. The number of benzene rings is 1. The van der Waals surface area contributed by atoms with Crippen molar-refractivity contribution in [1.29, 1.82) is 0 Å². The highest BCUT2D eigenvalue weighted by Crippen LogP contribution is 2.16. The van der Waals surface area contributed by atoms with E-state index in [4.69, 9.17) is 0 Å². The van der Waals surface area contributed by atoms with Crippen LogP contribution in [0.4, 0.5) is 10.1 Å². The van der Waals surface area contributed by atoms with Crippen LogP contribution in [0.5, 0.6) is 0 Å². The molecule has 6 nitrogen and oxygen atoms in total. The lowest BCUT2D eigenvalue weighted by molar-refractivity contribution is -0.385. The van der Waals surface area contributed by atoms with Gasteiger partial charge in [-0.15, -0.1) is 0 Å². The van der Waals surface area contributed by atoms with Crippen molar-refractivity contribution in [1.82, 2.24) is 10.6 Å². The summed E-state index contributed by atoms with van der Waals surface area (Å²) in [5.41, 5.74) is -0.560. The van der Waals surface area contributed by atoms with Crippen LogP contribution in [-0.2, 0) is 0 Å². The molecule has 0 aliphatic rings. The first kappa shape index (κ1) is 15.0. The van der Waals surface area contributed by atoms with Gasteiger partial charge in [-0.25, -0.2) is 4.39 Å². The minimum absolute atomic E-state index is 0.186. The number of nitrogens with one attached hydrogen (secondary N) is 2. The van der Waals surface area contributed by atoms with Gasteiger partial charge in [0, 0.05) is 12.6 Å². The summed E-state index contributed by atoms with van der Waals surface area (Å²) in [6, 6.07) is 2.97. The number of nitro groups is 1. The van der Waals surface area contributed by atoms with Crippen molar-refractivity contribution in [3.05, 3.63) is 39.7 Å². The third-order valence-electron chi connectivity index (χ3n) is 2.47. The van der Waals surface area contributed by atoms with E-state index in [9.17, 15) is 19.3 Å². The molecule has 0 aromatic heterocycles. The van der Waals surface area contributed by atoms with Crippen LogP contribution in [0.15, 0.2) is 18.2 Å². The molecule has 104 valence electrons. The molecule has 0 bridgehead atoms. The van der Waals surface area contributed by atoms with Crippen LogP contribution < -0.4 is 10.6 Å². The summed E-state index contributed by atoms with van der Waals surface area (Å²) in [6.45, 7) is 4.01. The Labute approximate surface area is 110 Å². The maximum absolute atomic E-state index is 13.5. The Morgan fingerprint density at radius 3 is 2.74 bits per heavy atom. The number of halogens is 1. The fraction of sp³-hybridized carbons (Fsp3) is 0.417. The molecule has 7 heteroatoms. The van der Waals surface area contributed by atoms with E-state index in [1.807, 2.05) is 6.92 Å². The average Bonchev–Trinajstić information content (AvgIpc) is 2.38. The molecule has 0 radical (unpaired) electrons. The highest BCUT2D eigenvalue weighted by Gasteiger charge is 2.15. The van der Waals surface area contributed by atoms with Gasteiger partial charge in [0.2, 0.25) is 0 Å². The van der Waals surface area contributed by atoms with E-state index in [0.29, 0.717) is 6.54 Å². The SMILES string of the molecule is CCNCCCNC(=O)c1ccc([N+](=O)[O-])cc1F. The first-order valence-electron chi connectivity index (χ1n) is 5.99. The summed E-state index contributed by atoms with van der Waals surface area (Å²) < 4.78 is 13.5. The number of hydrogen-bond acceptors (Lipinski definition) is 4. The summed E-state index contributed by atoms with van der Waals surface area (Å²) in [4.78, 5) is 21.4. The zero-order chi connectivity index (χ0) is 14.3. The quantitative estimate of drug-likeness (QED) is 0.446. The van der Waals surface area contributed by atoms with Crippen molar-refractivity contribution in [3.8, 4) is 0 Å². The number of non-ortho nitro benzene ring substituents is 1. The Bertz CT molecular complexity index is 466. The summed E-state index contributed by atoms with van der Waals surface area (Å²) in [5, 5.41) is 16.1. The largest absolute Gasteiger partial charge is 0.352 e. The van der Waals surface area contributed by atoms with Crippen molar-refractivity contribution in [2.45, 2.75) is 13.3 Å². The first-order chi connectivity index (χ1) is 9.06. The molecule has 0 saturated heterocycles. The number of rotatable bonds is 7. The molecule has 2 N–H and O–H groups in total. The van der Waals surface area contributed by atoms with Gasteiger partial charge in [0.05, 0.1) is 16.6 Å². The minimum Gasteiger partial charge on any atom is -0.352 e. The topological polar surface area (TPSA) is 84.3 Å². The molecule has 1 aromatic rings. The molecule has 0 aliphatic heterocycles. The smallest absolute Gasteiger partial charge is 0.272 e. The Morgan fingerprint density at radius 1 is 1.42 bits per heavy atom. The standard InChI is InChI=1S/C12H16FN3O3/c1-2-14-6-3-7-15-12(17)10-5-4-9(16(18)19)8-11(10)13/h4-5,8,14H,2-3,6-7H2,1H3,(H,15,17). The molecule has 0 unspecified atom stereocenters. The second kappa shape index (κ2) is 7.42. The molecule has 0 heterocycles. The lowest BCUT2D eigenvalue weighted by atomic mass is 10.2. The van der Waals surface area contributed by atoms with Gasteiger partial charge in [-0.05, 0) is 25.6 Å². The van der Waals surface area contributed by atoms with Crippen LogP contribution in [0.2, 0.25) is 0 Å². The molecule has 0 saturated carbocycles. The molecule has 1 amide bonds. The molecule has 1 rings (SSSR count). The molecule has 19 heavy (non-hydrogen) atoms. The molecular formula is C12H16FN3O3. The second-order valence-electron chi connectivity index (χ2n) is 3.88. The number of hydrogen-bond donors (Lipinski definition) is 2. The van der Waals surface area contributed by atoms with E-state index >= 15 is 0 Å². The zero-order valence-corrected chi connectivity index (χ0v) is 10.6. The Balaban J connectivity index is 2.55. The highest BCUT2D eigenvalue weighted by atomic mass is 19.1. The Kier molecular flexibility index (Phi) is 5.87. The van der Waals surface area contributed by atoms with Crippen LogP contribution in [0.25, 0.3) is 0 Å². The summed E-state index contributed by atoms with van der Waals surface area (Å²) >= 11 is 0. The monoisotopic (exact) mass is 269 g/mol. The van der Waals surface area contributed by atoms with Gasteiger partial charge in [0.1, 0.15) is 5.82 Å². The van der Waals surface area contributed by atoms with E-state index in [-0.39, 0.29) is 11.3 Å². The molecule has 1 aromatic carbocycles. The van der Waals surface area contributed by atoms with Gasteiger partial charge in [-0.3, -0.25) is 14.9 Å². The van der Waals surface area contributed by atoms with Crippen LogP contribution in [0, 0.1) is 15.9 Å². The third-order valence-corrected chi connectivity index (χ3v) is 2.47. The van der Waals surface area contributed by atoms with Crippen LogP contribution in [0.3, 0.4) is 0 Å². The first-order valence-corrected chi connectivity index (χ1v) is 5.99. The van der Waals surface area contributed by atoms with Gasteiger partial charge < -0.3 is 10.6 Å². The van der Waals surface area contributed by atoms with Crippen LogP contribution in [-0.4, -0.2) is 30.5 Å². The summed E-state index contributed by atoms with van der Waals surface area (Å²) in [7, 11) is 0. The molecule has 0 spiro atoms. The highest BCUT2D eigenvalue weighted by molar-refractivity contribution is 5.94. The van der Waals surface area contributed by atoms with Crippen LogP contribution in [0.1, 0.15) is 23.7 Å². The Hall–Kier alpha value is -2.02. The number of carbonyl (C=O) groups is 1. The van der Waals surface area contributed by atoms with E-state index in [1.54, 1.807) is 0 Å².